The van der Waals surface area contributed by atoms with Crippen LogP contribution in [0.2, 0.25) is 0 Å². The fourth-order valence-corrected chi connectivity index (χ4v) is 1.21. The first-order valence-corrected chi connectivity index (χ1v) is 3.77. The standard InChI is InChI=1S/C7H15NO2/c1-5-7(9)6(8)3-2-4-10-5/h5-7,9H,2-4,8H2,1H3/t5?,6?,7-/m1/s1. The third-order valence-electron chi connectivity index (χ3n) is 1.98. The lowest BCUT2D eigenvalue weighted by molar-refractivity contribution is -0.0196. The van der Waals surface area contributed by atoms with E-state index in [9.17, 15) is 5.11 Å². The van der Waals surface area contributed by atoms with Crippen LogP contribution in [-0.4, -0.2) is 30.0 Å². The van der Waals surface area contributed by atoms with E-state index in [2.05, 4.69) is 0 Å². The van der Waals surface area contributed by atoms with E-state index in [1.54, 1.807) is 0 Å². The molecule has 0 aromatic rings. The summed E-state index contributed by atoms with van der Waals surface area (Å²) in [6.45, 7) is 2.59. The molecule has 1 aliphatic rings. The quantitative estimate of drug-likeness (QED) is 0.499. The molecular formula is C7H15NO2. The van der Waals surface area contributed by atoms with Gasteiger partial charge in [-0.3, -0.25) is 0 Å². The van der Waals surface area contributed by atoms with E-state index in [4.69, 9.17) is 10.5 Å². The Balaban J connectivity index is 2.46. The molecule has 2 unspecified atom stereocenters. The van der Waals surface area contributed by atoms with Crippen molar-refractivity contribution >= 4 is 0 Å². The van der Waals surface area contributed by atoms with Crippen LogP contribution in [0.4, 0.5) is 0 Å². The van der Waals surface area contributed by atoms with Gasteiger partial charge in [-0.2, -0.15) is 0 Å². The Bertz CT molecular complexity index is 95.8. The van der Waals surface area contributed by atoms with Gasteiger partial charge in [-0.15, -0.1) is 0 Å². The van der Waals surface area contributed by atoms with Crippen LogP contribution in [0.1, 0.15) is 19.8 Å². The van der Waals surface area contributed by atoms with E-state index in [1.807, 2.05) is 6.92 Å². The van der Waals surface area contributed by atoms with Crippen molar-refractivity contribution in [1.29, 1.82) is 0 Å². The Morgan fingerprint density at radius 1 is 1.60 bits per heavy atom. The summed E-state index contributed by atoms with van der Waals surface area (Å²) >= 11 is 0. The van der Waals surface area contributed by atoms with Gasteiger partial charge in [-0.1, -0.05) is 0 Å². The number of rotatable bonds is 0. The van der Waals surface area contributed by atoms with Gasteiger partial charge in [0.15, 0.2) is 0 Å². The molecule has 1 heterocycles. The molecule has 0 aliphatic carbocycles. The van der Waals surface area contributed by atoms with Crippen LogP contribution in [0.5, 0.6) is 0 Å². The highest BCUT2D eigenvalue weighted by molar-refractivity contribution is 4.79. The lowest BCUT2D eigenvalue weighted by Crippen LogP contribution is -2.40. The highest BCUT2D eigenvalue weighted by Crippen LogP contribution is 2.12. The fourth-order valence-electron chi connectivity index (χ4n) is 1.21. The first-order valence-electron chi connectivity index (χ1n) is 3.77. The Labute approximate surface area is 61.2 Å². The summed E-state index contributed by atoms with van der Waals surface area (Å²) in [6.07, 6.45) is 1.24. The molecule has 0 aromatic heterocycles. The molecule has 0 amide bonds. The van der Waals surface area contributed by atoms with Gasteiger partial charge < -0.3 is 15.6 Å². The van der Waals surface area contributed by atoms with Crippen LogP contribution in [0.3, 0.4) is 0 Å². The molecule has 1 aliphatic heterocycles. The zero-order chi connectivity index (χ0) is 7.56. The SMILES string of the molecule is CC1OCCCC(N)[C@@H]1O. The zero-order valence-corrected chi connectivity index (χ0v) is 6.29. The molecule has 0 spiro atoms. The van der Waals surface area contributed by atoms with Crippen LogP contribution < -0.4 is 5.73 Å². The van der Waals surface area contributed by atoms with Crippen molar-refractivity contribution in [1.82, 2.24) is 0 Å². The van der Waals surface area contributed by atoms with E-state index >= 15 is 0 Å². The van der Waals surface area contributed by atoms with Crippen molar-refractivity contribution in [2.45, 2.75) is 38.0 Å². The maximum atomic E-state index is 9.38. The summed E-state index contributed by atoms with van der Waals surface area (Å²) in [5.74, 6) is 0. The van der Waals surface area contributed by atoms with Crippen LogP contribution in [0.25, 0.3) is 0 Å². The summed E-state index contributed by atoms with van der Waals surface area (Å²) in [5, 5.41) is 9.38. The highest BCUT2D eigenvalue weighted by atomic mass is 16.5. The molecule has 1 fully saturated rings. The Kier molecular flexibility index (Phi) is 2.65. The number of ether oxygens (including phenoxy) is 1. The summed E-state index contributed by atoms with van der Waals surface area (Å²) in [7, 11) is 0. The van der Waals surface area contributed by atoms with Gasteiger partial charge >= 0.3 is 0 Å². The summed E-state index contributed by atoms with van der Waals surface area (Å²) < 4.78 is 5.26. The lowest BCUT2D eigenvalue weighted by atomic mass is 10.0. The molecule has 1 rings (SSSR count). The van der Waals surface area contributed by atoms with Gasteiger partial charge in [0, 0.05) is 12.6 Å². The molecule has 0 saturated carbocycles. The molecule has 60 valence electrons. The molecule has 10 heavy (non-hydrogen) atoms. The normalized spacial score (nSPS) is 42.9. The molecular weight excluding hydrogens is 130 g/mol. The maximum Gasteiger partial charge on any atom is 0.0949 e. The number of hydrogen-bond donors (Lipinski definition) is 2. The van der Waals surface area contributed by atoms with Gasteiger partial charge in [0.05, 0.1) is 12.2 Å². The third kappa shape index (κ3) is 1.68. The second-order valence-corrected chi connectivity index (χ2v) is 2.87. The van der Waals surface area contributed by atoms with Crippen molar-refractivity contribution < 1.29 is 9.84 Å². The third-order valence-corrected chi connectivity index (χ3v) is 1.98. The predicted octanol–water partition coefficient (Wildman–Crippen LogP) is -0.126. The average molecular weight is 145 g/mol. The fraction of sp³-hybridized carbons (Fsp3) is 1.00. The number of aliphatic hydroxyl groups is 1. The minimum atomic E-state index is -0.484. The Morgan fingerprint density at radius 3 is 3.00 bits per heavy atom. The van der Waals surface area contributed by atoms with Gasteiger partial charge in [0.1, 0.15) is 0 Å². The highest BCUT2D eigenvalue weighted by Gasteiger charge is 2.24. The summed E-state index contributed by atoms with van der Waals surface area (Å²) in [6, 6.07) is -0.0995. The first kappa shape index (κ1) is 7.98. The van der Waals surface area contributed by atoms with Crippen molar-refractivity contribution in [3.63, 3.8) is 0 Å². The van der Waals surface area contributed by atoms with Gasteiger partial charge in [0.2, 0.25) is 0 Å². The number of nitrogens with two attached hydrogens (primary N) is 1. The lowest BCUT2D eigenvalue weighted by Gasteiger charge is -2.20. The van der Waals surface area contributed by atoms with Crippen LogP contribution in [0.15, 0.2) is 0 Å². The van der Waals surface area contributed by atoms with Gasteiger partial charge in [0.25, 0.3) is 0 Å². The second-order valence-electron chi connectivity index (χ2n) is 2.87. The summed E-state index contributed by atoms with van der Waals surface area (Å²) in [5.41, 5.74) is 5.64. The molecule has 3 nitrogen and oxygen atoms in total. The zero-order valence-electron chi connectivity index (χ0n) is 6.29. The van der Waals surface area contributed by atoms with Gasteiger partial charge in [-0.25, -0.2) is 0 Å². The van der Waals surface area contributed by atoms with Crippen LogP contribution in [0, 0.1) is 0 Å². The van der Waals surface area contributed by atoms with Crippen molar-refractivity contribution in [3.8, 4) is 0 Å². The predicted molar refractivity (Wildman–Crippen MR) is 38.6 cm³/mol. The first-order chi connectivity index (χ1) is 4.72. The molecule has 3 N–H and O–H groups in total. The minimum Gasteiger partial charge on any atom is -0.389 e. The van der Waals surface area contributed by atoms with Crippen molar-refractivity contribution in [3.05, 3.63) is 0 Å². The van der Waals surface area contributed by atoms with Crippen molar-refractivity contribution in [2.75, 3.05) is 6.61 Å². The van der Waals surface area contributed by atoms with E-state index < -0.39 is 6.10 Å². The number of hydrogen-bond acceptors (Lipinski definition) is 3. The maximum absolute atomic E-state index is 9.38. The molecule has 1 saturated heterocycles. The van der Waals surface area contributed by atoms with E-state index in [-0.39, 0.29) is 12.1 Å². The Morgan fingerprint density at radius 2 is 2.30 bits per heavy atom. The topological polar surface area (TPSA) is 55.5 Å². The van der Waals surface area contributed by atoms with E-state index in [1.165, 1.54) is 0 Å². The smallest absolute Gasteiger partial charge is 0.0949 e. The van der Waals surface area contributed by atoms with Crippen LogP contribution >= 0.6 is 0 Å². The van der Waals surface area contributed by atoms with Gasteiger partial charge in [-0.05, 0) is 19.8 Å². The minimum absolute atomic E-state index is 0.0995. The van der Waals surface area contributed by atoms with E-state index in [0.29, 0.717) is 0 Å². The molecule has 0 aromatic carbocycles. The average Bonchev–Trinajstić information content (AvgIpc) is 2.04. The molecule has 3 heteroatoms. The monoisotopic (exact) mass is 145 g/mol. The Hall–Kier alpha value is -0.120. The molecule has 3 atom stereocenters. The number of aliphatic hydroxyl groups excluding tert-OH is 1. The summed E-state index contributed by atoms with van der Waals surface area (Å²) in [4.78, 5) is 0. The van der Waals surface area contributed by atoms with Crippen molar-refractivity contribution in [2.24, 2.45) is 5.73 Å². The molecule has 0 bridgehead atoms. The van der Waals surface area contributed by atoms with Crippen LogP contribution in [-0.2, 0) is 4.74 Å². The molecule has 0 radical (unpaired) electrons. The van der Waals surface area contributed by atoms with E-state index in [0.717, 1.165) is 19.4 Å². The second kappa shape index (κ2) is 3.32. The largest absolute Gasteiger partial charge is 0.389 e.